The molecule has 1 unspecified atom stereocenters. The topological polar surface area (TPSA) is 43.8 Å². The Balaban J connectivity index is 1.88. The Kier molecular flexibility index (Phi) is 5.60. The van der Waals surface area contributed by atoms with E-state index < -0.39 is 0 Å². The minimum Gasteiger partial charge on any atom is -0.339 e. The van der Waals surface area contributed by atoms with Crippen LogP contribution in [0, 0.1) is 6.92 Å². The summed E-state index contributed by atoms with van der Waals surface area (Å²) in [6.07, 6.45) is 0.961. The van der Waals surface area contributed by atoms with Crippen molar-refractivity contribution in [3.63, 3.8) is 0 Å². The predicted molar refractivity (Wildman–Crippen MR) is 118 cm³/mol. The molecule has 4 rings (SSSR count). The zero-order valence-corrected chi connectivity index (χ0v) is 18.6. The van der Waals surface area contributed by atoms with Gasteiger partial charge in [0.05, 0.1) is 55.9 Å². The molecular formula is C21H28N4OS2+2. The largest absolute Gasteiger partial charge is 0.339 e. The van der Waals surface area contributed by atoms with Crippen LogP contribution < -0.4 is 15.4 Å². The third kappa shape index (κ3) is 3.76. The van der Waals surface area contributed by atoms with Gasteiger partial charge in [0, 0.05) is 6.42 Å². The van der Waals surface area contributed by atoms with Crippen LogP contribution in [0.2, 0.25) is 0 Å². The van der Waals surface area contributed by atoms with Crippen LogP contribution in [0.25, 0.3) is 15.9 Å². The van der Waals surface area contributed by atoms with Crippen LogP contribution in [0.3, 0.4) is 0 Å². The molecule has 148 valence electrons. The maximum absolute atomic E-state index is 13.7. The summed E-state index contributed by atoms with van der Waals surface area (Å²) in [5.41, 5.74) is 3.42. The van der Waals surface area contributed by atoms with E-state index in [0.29, 0.717) is 0 Å². The van der Waals surface area contributed by atoms with Gasteiger partial charge in [0.25, 0.3) is 5.56 Å². The number of nitrogens with one attached hydrogen (secondary N) is 2. The molecule has 2 N–H and O–H groups in total. The third-order valence-corrected chi connectivity index (χ3v) is 7.33. The molecule has 28 heavy (non-hydrogen) atoms. The van der Waals surface area contributed by atoms with E-state index in [1.54, 1.807) is 23.1 Å². The Hall–Kier alpha value is -1.67. The first-order valence-corrected chi connectivity index (χ1v) is 11.6. The minimum atomic E-state index is 0.0885. The van der Waals surface area contributed by atoms with Crippen LogP contribution >= 0.6 is 23.1 Å². The normalized spacial score (nSPS) is 16.7. The lowest BCUT2D eigenvalue weighted by molar-refractivity contribution is -0.895. The van der Waals surface area contributed by atoms with Crippen molar-refractivity contribution in [3.05, 3.63) is 50.6 Å². The molecule has 0 fully saturated rings. The van der Waals surface area contributed by atoms with Crippen molar-refractivity contribution >= 4 is 33.3 Å². The molecule has 0 amide bonds. The zero-order chi connectivity index (χ0) is 19.8. The van der Waals surface area contributed by atoms with Crippen molar-refractivity contribution in [2.75, 3.05) is 40.0 Å². The third-order valence-electron chi connectivity index (χ3n) is 5.27. The van der Waals surface area contributed by atoms with Gasteiger partial charge in [0.2, 0.25) is 0 Å². The van der Waals surface area contributed by atoms with Gasteiger partial charge in [-0.3, -0.25) is 9.36 Å². The van der Waals surface area contributed by atoms with Crippen molar-refractivity contribution in [3.8, 4) is 5.69 Å². The van der Waals surface area contributed by atoms with Crippen LogP contribution in [0.5, 0.6) is 0 Å². The first-order valence-electron chi connectivity index (χ1n) is 9.81. The summed E-state index contributed by atoms with van der Waals surface area (Å²) < 4.78 is 1.83. The Labute approximate surface area is 174 Å². The van der Waals surface area contributed by atoms with Gasteiger partial charge in [0.1, 0.15) is 11.4 Å². The van der Waals surface area contributed by atoms with Crippen LogP contribution in [-0.2, 0) is 13.0 Å². The summed E-state index contributed by atoms with van der Waals surface area (Å²) in [5, 5.41) is 1.65. The van der Waals surface area contributed by atoms with E-state index in [4.69, 9.17) is 4.98 Å². The standard InChI is InChI=1S/C21H26N4OS2/c1-14-5-7-15(8-6-14)25-20(26)18-16-9-10-24(4)13-17(16)28-19(18)22-21(25)27-12-11-23(2)3/h5-8H,9-13H2,1-4H3/p+2. The average Bonchev–Trinajstić information content (AvgIpc) is 3.00. The number of fused-ring (bicyclic) bond motifs is 3. The van der Waals surface area contributed by atoms with Crippen molar-refractivity contribution < 1.29 is 9.80 Å². The van der Waals surface area contributed by atoms with Crippen molar-refractivity contribution in [2.24, 2.45) is 0 Å². The molecule has 7 heteroatoms. The number of aryl methyl sites for hydroxylation is 1. The Morgan fingerprint density at radius 3 is 2.75 bits per heavy atom. The fourth-order valence-corrected chi connectivity index (χ4v) is 6.15. The Morgan fingerprint density at radius 1 is 1.29 bits per heavy atom. The van der Waals surface area contributed by atoms with E-state index in [9.17, 15) is 4.79 Å². The van der Waals surface area contributed by atoms with Gasteiger partial charge >= 0.3 is 0 Å². The number of hydrogen-bond donors (Lipinski definition) is 2. The van der Waals surface area contributed by atoms with Crippen LogP contribution in [-0.4, -0.2) is 49.5 Å². The first-order chi connectivity index (χ1) is 13.4. The van der Waals surface area contributed by atoms with Crippen molar-refractivity contribution in [1.29, 1.82) is 0 Å². The molecule has 0 aliphatic carbocycles. The van der Waals surface area contributed by atoms with Crippen molar-refractivity contribution in [2.45, 2.75) is 25.0 Å². The number of hydrogen-bond acceptors (Lipinski definition) is 4. The number of thioether (sulfide) groups is 1. The Morgan fingerprint density at radius 2 is 2.04 bits per heavy atom. The molecule has 0 saturated carbocycles. The first kappa shape index (κ1) is 19.6. The second-order valence-electron chi connectivity index (χ2n) is 7.99. The maximum Gasteiger partial charge on any atom is 0.267 e. The summed E-state index contributed by atoms with van der Waals surface area (Å²) in [7, 11) is 6.52. The summed E-state index contributed by atoms with van der Waals surface area (Å²) in [4.78, 5) is 23.8. The molecular weight excluding hydrogens is 388 g/mol. The van der Waals surface area contributed by atoms with E-state index in [2.05, 4.69) is 40.2 Å². The van der Waals surface area contributed by atoms with Crippen LogP contribution in [0.15, 0.2) is 34.2 Å². The SMILES string of the molecule is Cc1ccc(-n2c(SCC[NH+](C)C)nc3sc4c(c3c2=O)CC[NH+](C)C4)cc1. The highest BCUT2D eigenvalue weighted by Gasteiger charge is 2.26. The molecule has 1 aliphatic rings. The van der Waals surface area contributed by atoms with Gasteiger partial charge in [-0.2, -0.15) is 0 Å². The molecule has 3 heterocycles. The molecule has 0 bridgehead atoms. The van der Waals surface area contributed by atoms with Crippen LogP contribution in [0.4, 0.5) is 0 Å². The summed E-state index contributed by atoms with van der Waals surface area (Å²) in [5.74, 6) is 0.935. The quantitative estimate of drug-likeness (QED) is 0.472. The van der Waals surface area contributed by atoms with Gasteiger partial charge < -0.3 is 9.80 Å². The number of benzene rings is 1. The second kappa shape index (κ2) is 7.99. The second-order valence-corrected chi connectivity index (χ2v) is 10.1. The lowest BCUT2D eigenvalue weighted by Gasteiger charge is -2.19. The van der Waals surface area contributed by atoms with E-state index in [0.717, 1.165) is 52.9 Å². The minimum absolute atomic E-state index is 0.0885. The number of likely N-dealkylation sites (N-methyl/N-ethyl adjacent to an activating group) is 1. The number of nitrogens with zero attached hydrogens (tertiary/aromatic N) is 2. The number of aromatic nitrogens is 2. The fraction of sp³-hybridized carbons (Fsp3) is 0.429. The molecule has 1 atom stereocenters. The Bertz CT molecular complexity index is 1050. The monoisotopic (exact) mass is 416 g/mol. The number of quaternary nitrogens is 2. The van der Waals surface area contributed by atoms with Gasteiger partial charge in [-0.05, 0) is 24.6 Å². The van der Waals surface area contributed by atoms with E-state index >= 15 is 0 Å². The molecule has 2 aromatic heterocycles. The van der Waals surface area contributed by atoms with Gasteiger partial charge in [-0.25, -0.2) is 4.98 Å². The summed E-state index contributed by atoms with van der Waals surface area (Å²) >= 11 is 3.40. The lowest BCUT2D eigenvalue weighted by Crippen LogP contribution is -3.08. The highest BCUT2D eigenvalue weighted by Crippen LogP contribution is 2.31. The van der Waals surface area contributed by atoms with E-state index in [1.165, 1.54) is 25.8 Å². The highest BCUT2D eigenvalue weighted by atomic mass is 32.2. The van der Waals surface area contributed by atoms with Crippen LogP contribution in [0.1, 0.15) is 16.0 Å². The summed E-state index contributed by atoms with van der Waals surface area (Å²) in [6.45, 7) is 5.16. The summed E-state index contributed by atoms with van der Waals surface area (Å²) in [6, 6.07) is 8.18. The van der Waals surface area contributed by atoms with Gasteiger partial charge in [-0.15, -0.1) is 11.3 Å². The average molecular weight is 417 g/mol. The molecule has 3 aromatic rings. The molecule has 5 nitrogen and oxygen atoms in total. The van der Waals surface area contributed by atoms with Crippen molar-refractivity contribution in [1.82, 2.24) is 9.55 Å². The fourth-order valence-electron chi connectivity index (χ4n) is 3.61. The molecule has 0 spiro atoms. The van der Waals surface area contributed by atoms with Gasteiger partial charge in [0.15, 0.2) is 5.16 Å². The smallest absolute Gasteiger partial charge is 0.267 e. The zero-order valence-electron chi connectivity index (χ0n) is 17.0. The molecule has 1 aliphatic heterocycles. The molecule has 1 aromatic carbocycles. The molecule has 0 saturated heterocycles. The van der Waals surface area contributed by atoms with Gasteiger partial charge in [-0.1, -0.05) is 29.5 Å². The highest BCUT2D eigenvalue weighted by molar-refractivity contribution is 7.99. The van der Waals surface area contributed by atoms with E-state index in [1.807, 2.05) is 16.7 Å². The van der Waals surface area contributed by atoms with E-state index in [-0.39, 0.29) is 5.56 Å². The molecule has 0 radical (unpaired) electrons. The number of rotatable bonds is 5. The maximum atomic E-state index is 13.7. The predicted octanol–water partition coefficient (Wildman–Crippen LogP) is 0.563. The lowest BCUT2D eigenvalue weighted by atomic mass is 10.1. The number of thiophene rings is 1.